The number of hydrogen-bond acceptors (Lipinski definition) is 2. The van der Waals surface area contributed by atoms with Crippen molar-refractivity contribution >= 4 is 11.0 Å². The van der Waals surface area contributed by atoms with Gasteiger partial charge in [-0.05, 0) is 18.9 Å². The lowest BCUT2D eigenvalue weighted by atomic mass is 10.1. The number of H-pyrrole nitrogens is 1. The van der Waals surface area contributed by atoms with Crippen molar-refractivity contribution in [3.8, 4) is 0 Å². The van der Waals surface area contributed by atoms with E-state index in [1.165, 1.54) is 10.9 Å². The minimum atomic E-state index is 0.944. The van der Waals surface area contributed by atoms with Gasteiger partial charge < -0.3 is 4.98 Å². The van der Waals surface area contributed by atoms with Gasteiger partial charge in [0.15, 0.2) is 0 Å². The van der Waals surface area contributed by atoms with E-state index in [0.717, 1.165) is 17.8 Å². The summed E-state index contributed by atoms with van der Waals surface area (Å²) in [5, 5.41) is 1.18. The van der Waals surface area contributed by atoms with Gasteiger partial charge in [-0.25, -0.2) is 9.97 Å². The van der Waals surface area contributed by atoms with E-state index in [1.807, 2.05) is 13.1 Å². The zero-order chi connectivity index (χ0) is 8.55. The number of nitrogens with one attached hydrogen (secondary N) is 1. The first-order chi connectivity index (χ1) is 5.83. The van der Waals surface area contributed by atoms with E-state index >= 15 is 0 Å². The number of hydrogen-bond donors (Lipinski definition) is 1. The second-order valence-electron chi connectivity index (χ2n) is 2.85. The van der Waals surface area contributed by atoms with E-state index in [0.29, 0.717) is 0 Å². The Balaban J connectivity index is 2.83. The average molecular weight is 161 g/mol. The lowest BCUT2D eigenvalue weighted by Crippen LogP contribution is -1.86. The molecule has 3 nitrogen and oxygen atoms in total. The summed E-state index contributed by atoms with van der Waals surface area (Å²) in [4.78, 5) is 11.4. The van der Waals surface area contributed by atoms with Crippen LogP contribution in [0.15, 0.2) is 12.5 Å². The molecule has 2 aromatic rings. The maximum absolute atomic E-state index is 4.16. The van der Waals surface area contributed by atoms with Crippen LogP contribution in [0.2, 0.25) is 0 Å². The van der Waals surface area contributed by atoms with Crippen LogP contribution in [0.25, 0.3) is 11.0 Å². The topological polar surface area (TPSA) is 41.6 Å². The van der Waals surface area contributed by atoms with Gasteiger partial charge in [0.25, 0.3) is 0 Å². The molecule has 0 spiro atoms. The monoisotopic (exact) mass is 161 g/mol. The van der Waals surface area contributed by atoms with Crippen molar-refractivity contribution < 1.29 is 0 Å². The Hall–Kier alpha value is -1.38. The van der Waals surface area contributed by atoms with Crippen LogP contribution in [-0.4, -0.2) is 15.0 Å². The van der Waals surface area contributed by atoms with Crippen molar-refractivity contribution in [2.75, 3.05) is 0 Å². The smallest absolute Gasteiger partial charge is 0.141 e. The van der Waals surface area contributed by atoms with Gasteiger partial charge in [-0.2, -0.15) is 0 Å². The normalized spacial score (nSPS) is 10.8. The molecule has 0 aromatic carbocycles. The third-order valence-electron chi connectivity index (χ3n) is 2.12. The van der Waals surface area contributed by atoms with Crippen LogP contribution in [-0.2, 0) is 6.42 Å². The number of fused-ring (bicyclic) bond motifs is 1. The van der Waals surface area contributed by atoms with Gasteiger partial charge in [0.2, 0.25) is 0 Å². The molecule has 2 rings (SSSR count). The summed E-state index contributed by atoms with van der Waals surface area (Å²) in [6.45, 7) is 4.14. The number of aromatic amines is 1. The molecule has 62 valence electrons. The minimum Gasteiger partial charge on any atom is -0.346 e. The second kappa shape index (κ2) is 2.59. The largest absolute Gasteiger partial charge is 0.346 e. The molecule has 2 aromatic heterocycles. The van der Waals surface area contributed by atoms with E-state index in [4.69, 9.17) is 0 Å². The van der Waals surface area contributed by atoms with E-state index in [2.05, 4.69) is 21.9 Å². The summed E-state index contributed by atoms with van der Waals surface area (Å²) in [7, 11) is 0. The average Bonchev–Trinajstić information content (AvgIpc) is 2.49. The van der Waals surface area contributed by atoms with E-state index in [9.17, 15) is 0 Å². The predicted molar refractivity (Wildman–Crippen MR) is 48.0 cm³/mol. The summed E-state index contributed by atoms with van der Waals surface area (Å²) in [5.74, 6) is 0. The molecule has 1 N–H and O–H groups in total. The van der Waals surface area contributed by atoms with Crippen LogP contribution >= 0.6 is 0 Å². The molecular formula is C9H11N3. The van der Waals surface area contributed by atoms with Crippen LogP contribution in [0, 0.1) is 6.92 Å². The third kappa shape index (κ3) is 0.897. The van der Waals surface area contributed by atoms with Crippen LogP contribution in [0.4, 0.5) is 0 Å². The SMILES string of the molecule is CCc1c[nH]c2ncnc(C)c12. The van der Waals surface area contributed by atoms with Gasteiger partial charge in [-0.1, -0.05) is 6.92 Å². The van der Waals surface area contributed by atoms with Gasteiger partial charge in [0.1, 0.15) is 12.0 Å². The van der Waals surface area contributed by atoms with Crippen LogP contribution < -0.4 is 0 Å². The molecule has 2 heterocycles. The fourth-order valence-electron chi connectivity index (χ4n) is 1.47. The fraction of sp³-hybridized carbons (Fsp3) is 0.333. The van der Waals surface area contributed by atoms with Crippen LogP contribution in [0.3, 0.4) is 0 Å². The Morgan fingerprint density at radius 3 is 3.00 bits per heavy atom. The van der Waals surface area contributed by atoms with Gasteiger partial charge in [0, 0.05) is 11.6 Å². The first-order valence-electron chi connectivity index (χ1n) is 4.10. The van der Waals surface area contributed by atoms with Crippen LogP contribution in [0.1, 0.15) is 18.2 Å². The number of aromatic nitrogens is 3. The number of nitrogens with zero attached hydrogens (tertiary/aromatic N) is 2. The Labute approximate surface area is 70.9 Å². The minimum absolute atomic E-state index is 0.944. The highest BCUT2D eigenvalue weighted by Crippen LogP contribution is 2.18. The maximum atomic E-state index is 4.16. The lowest BCUT2D eigenvalue weighted by Gasteiger charge is -1.95. The molecule has 0 fully saturated rings. The predicted octanol–water partition coefficient (Wildman–Crippen LogP) is 1.83. The van der Waals surface area contributed by atoms with Crippen molar-refractivity contribution in [1.29, 1.82) is 0 Å². The molecule has 0 radical (unpaired) electrons. The Bertz CT molecular complexity index is 403. The first kappa shape index (κ1) is 7.28. The number of rotatable bonds is 1. The molecule has 0 saturated heterocycles. The molecule has 0 amide bonds. The highest BCUT2D eigenvalue weighted by atomic mass is 14.9. The van der Waals surface area contributed by atoms with Gasteiger partial charge >= 0.3 is 0 Å². The van der Waals surface area contributed by atoms with Gasteiger partial charge in [-0.15, -0.1) is 0 Å². The lowest BCUT2D eigenvalue weighted by molar-refractivity contribution is 1.12. The Morgan fingerprint density at radius 2 is 2.25 bits per heavy atom. The van der Waals surface area contributed by atoms with Crippen molar-refractivity contribution in [2.24, 2.45) is 0 Å². The summed E-state index contributed by atoms with van der Waals surface area (Å²) in [5.41, 5.74) is 3.29. The standard InChI is InChI=1S/C9H11N3/c1-3-7-4-10-9-8(7)6(2)11-5-12-9/h4-5H,3H2,1-2H3,(H,10,11,12). The second-order valence-corrected chi connectivity index (χ2v) is 2.85. The van der Waals surface area contributed by atoms with Gasteiger partial charge in [-0.3, -0.25) is 0 Å². The summed E-state index contributed by atoms with van der Waals surface area (Å²) >= 11 is 0. The molecule has 0 bridgehead atoms. The highest BCUT2D eigenvalue weighted by Gasteiger charge is 2.05. The van der Waals surface area contributed by atoms with Crippen molar-refractivity contribution in [3.63, 3.8) is 0 Å². The Kier molecular flexibility index (Phi) is 1.57. The highest BCUT2D eigenvalue weighted by molar-refractivity contribution is 5.81. The van der Waals surface area contributed by atoms with Crippen molar-refractivity contribution in [1.82, 2.24) is 15.0 Å². The maximum Gasteiger partial charge on any atom is 0.141 e. The molecule has 0 saturated carbocycles. The third-order valence-corrected chi connectivity index (χ3v) is 2.12. The zero-order valence-corrected chi connectivity index (χ0v) is 7.26. The molecule has 3 heteroatoms. The van der Waals surface area contributed by atoms with Gasteiger partial charge in [0.05, 0.1) is 5.69 Å². The van der Waals surface area contributed by atoms with Crippen molar-refractivity contribution in [3.05, 3.63) is 23.8 Å². The molecule has 0 aliphatic heterocycles. The quantitative estimate of drug-likeness (QED) is 0.693. The molecular weight excluding hydrogens is 150 g/mol. The molecule has 0 atom stereocenters. The molecule has 0 aliphatic carbocycles. The molecule has 0 unspecified atom stereocenters. The van der Waals surface area contributed by atoms with Crippen molar-refractivity contribution in [2.45, 2.75) is 20.3 Å². The van der Waals surface area contributed by atoms with E-state index < -0.39 is 0 Å². The van der Waals surface area contributed by atoms with E-state index in [1.54, 1.807) is 6.33 Å². The zero-order valence-electron chi connectivity index (χ0n) is 7.26. The summed E-state index contributed by atoms with van der Waals surface area (Å²) in [6, 6.07) is 0. The molecule has 0 aliphatic rings. The van der Waals surface area contributed by atoms with E-state index in [-0.39, 0.29) is 0 Å². The molecule has 12 heavy (non-hydrogen) atoms. The fourth-order valence-corrected chi connectivity index (χ4v) is 1.47. The van der Waals surface area contributed by atoms with Crippen LogP contribution in [0.5, 0.6) is 0 Å². The first-order valence-corrected chi connectivity index (χ1v) is 4.10. The summed E-state index contributed by atoms with van der Waals surface area (Å²) < 4.78 is 0. The Morgan fingerprint density at radius 1 is 1.42 bits per heavy atom. The number of aryl methyl sites for hydroxylation is 2. The summed E-state index contributed by atoms with van der Waals surface area (Å²) in [6.07, 6.45) is 4.62.